The topological polar surface area (TPSA) is 92.0 Å². The molecule has 0 bridgehead atoms. The maximum atomic E-state index is 10.9. The summed E-state index contributed by atoms with van der Waals surface area (Å²) in [7, 11) is 0. The van der Waals surface area contributed by atoms with Gasteiger partial charge in [0.1, 0.15) is 0 Å². The molecule has 0 aliphatic heterocycles. The van der Waals surface area contributed by atoms with Crippen LogP contribution in [0, 0.1) is 27.7 Å². The van der Waals surface area contributed by atoms with Crippen LogP contribution in [0.25, 0.3) is 0 Å². The lowest BCUT2D eigenvalue weighted by atomic mass is 9.79. The van der Waals surface area contributed by atoms with Crippen molar-refractivity contribution in [2.75, 3.05) is 0 Å². The van der Waals surface area contributed by atoms with E-state index in [9.17, 15) is 10.2 Å². The quantitative estimate of drug-likeness (QED) is 0.868. The fourth-order valence-corrected chi connectivity index (χ4v) is 2.59. The molecule has 2 aromatic rings. The molecule has 2 N–H and O–H groups in total. The maximum Gasteiger partial charge on any atom is 0.0962 e. The highest BCUT2D eigenvalue weighted by Crippen LogP contribution is 2.29. The molecule has 0 aliphatic rings. The molecule has 0 saturated carbocycles. The fourth-order valence-electron chi connectivity index (χ4n) is 2.59. The number of aryl methyl sites for hydroxylation is 4. The molecule has 130 valence electrons. The van der Waals surface area contributed by atoms with Gasteiger partial charge >= 0.3 is 0 Å². The molecule has 2 rings (SSSR count). The van der Waals surface area contributed by atoms with Crippen LogP contribution >= 0.6 is 0 Å². The van der Waals surface area contributed by atoms with Crippen LogP contribution in [-0.4, -0.2) is 41.4 Å². The van der Waals surface area contributed by atoms with Gasteiger partial charge < -0.3 is 10.2 Å². The monoisotopic (exact) mass is 330 g/mol. The maximum absolute atomic E-state index is 10.9. The van der Waals surface area contributed by atoms with Crippen molar-refractivity contribution in [1.29, 1.82) is 0 Å². The second kappa shape index (κ2) is 6.53. The summed E-state index contributed by atoms with van der Waals surface area (Å²) in [6, 6.07) is 0. The van der Waals surface area contributed by atoms with Crippen molar-refractivity contribution in [2.45, 2.75) is 65.6 Å². The Hall–Kier alpha value is -1.92. The lowest BCUT2D eigenvalue weighted by molar-refractivity contribution is -0.130. The number of rotatable bonds is 5. The van der Waals surface area contributed by atoms with Gasteiger partial charge in [-0.05, 0) is 41.5 Å². The Morgan fingerprint density at radius 1 is 0.792 bits per heavy atom. The molecule has 0 amide bonds. The van der Waals surface area contributed by atoms with Crippen molar-refractivity contribution in [3.8, 4) is 0 Å². The highest BCUT2D eigenvalue weighted by molar-refractivity contribution is 5.21. The molecule has 0 aromatic carbocycles. The summed E-state index contributed by atoms with van der Waals surface area (Å²) in [4.78, 5) is 17.4. The van der Waals surface area contributed by atoms with Crippen LogP contribution in [0.1, 0.15) is 48.0 Å². The first-order valence-corrected chi connectivity index (χ1v) is 8.05. The second-order valence-corrected chi connectivity index (χ2v) is 6.98. The molecular weight excluding hydrogens is 304 g/mol. The minimum Gasteiger partial charge on any atom is -0.387 e. The number of hydrogen-bond donors (Lipinski definition) is 2. The highest BCUT2D eigenvalue weighted by Gasteiger charge is 2.43. The van der Waals surface area contributed by atoms with Crippen LogP contribution in [0.3, 0.4) is 0 Å². The summed E-state index contributed by atoms with van der Waals surface area (Å²) >= 11 is 0. The molecule has 2 aromatic heterocycles. The summed E-state index contributed by atoms with van der Waals surface area (Å²) in [5.74, 6) is 0. The third kappa shape index (κ3) is 3.94. The van der Waals surface area contributed by atoms with Crippen LogP contribution in [0.2, 0.25) is 0 Å². The summed E-state index contributed by atoms with van der Waals surface area (Å²) in [6.45, 7) is 10.7. The van der Waals surface area contributed by atoms with Crippen LogP contribution in [0.15, 0.2) is 12.4 Å². The number of nitrogens with zero attached hydrogens (tertiary/aromatic N) is 4. The van der Waals surface area contributed by atoms with Gasteiger partial charge in [-0.1, -0.05) is 0 Å². The second-order valence-electron chi connectivity index (χ2n) is 6.98. The third-order valence-electron chi connectivity index (χ3n) is 4.58. The predicted octanol–water partition coefficient (Wildman–Crippen LogP) is 1.79. The molecule has 0 radical (unpaired) electrons. The van der Waals surface area contributed by atoms with Crippen molar-refractivity contribution in [2.24, 2.45) is 0 Å². The van der Waals surface area contributed by atoms with E-state index >= 15 is 0 Å². The Morgan fingerprint density at radius 3 is 2.00 bits per heavy atom. The van der Waals surface area contributed by atoms with Gasteiger partial charge in [-0.3, -0.25) is 19.9 Å². The van der Waals surface area contributed by atoms with Crippen LogP contribution in [0.4, 0.5) is 0 Å². The molecule has 6 nitrogen and oxygen atoms in total. The lowest BCUT2D eigenvalue weighted by Gasteiger charge is -2.38. The molecule has 24 heavy (non-hydrogen) atoms. The summed E-state index contributed by atoms with van der Waals surface area (Å²) in [5.41, 5.74) is 1.81. The standard InChI is InChI=1S/C18H26N4O2/c1-11-9-19-10-15(20-11)7-17(5,23)18(6,24)8-16-14(4)21-12(2)13(3)22-16/h9-10,23-24H,7-8H2,1-6H3. The van der Waals surface area contributed by atoms with Gasteiger partial charge in [0.05, 0.1) is 45.4 Å². The van der Waals surface area contributed by atoms with E-state index in [2.05, 4.69) is 19.9 Å². The molecule has 6 heteroatoms. The Morgan fingerprint density at radius 2 is 1.38 bits per heavy atom. The normalized spacial score (nSPS) is 16.5. The van der Waals surface area contributed by atoms with Crippen molar-refractivity contribution < 1.29 is 10.2 Å². The van der Waals surface area contributed by atoms with Crippen molar-refractivity contribution >= 4 is 0 Å². The zero-order valence-corrected chi connectivity index (χ0v) is 15.3. The van der Waals surface area contributed by atoms with Crippen LogP contribution < -0.4 is 0 Å². The summed E-state index contributed by atoms with van der Waals surface area (Å²) < 4.78 is 0. The van der Waals surface area contributed by atoms with E-state index in [1.165, 1.54) is 0 Å². The van der Waals surface area contributed by atoms with Crippen LogP contribution in [-0.2, 0) is 12.8 Å². The van der Waals surface area contributed by atoms with Crippen LogP contribution in [0.5, 0.6) is 0 Å². The van der Waals surface area contributed by atoms with E-state index < -0.39 is 11.2 Å². The molecule has 0 fully saturated rings. The lowest BCUT2D eigenvalue weighted by Crippen LogP contribution is -2.53. The molecule has 2 heterocycles. The Labute approximate surface area is 143 Å². The first-order chi connectivity index (χ1) is 11.0. The van der Waals surface area contributed by atoms with E-state index in [1.807, 2.05) is 27.7 Å². The first kappa shape index (κ1) is 18.4. The average Bonchev–Trinajstić information content (AvgIpc) is 2.44. The predicted molar refractivity (Wildman–Crippen MR) is 91.7 cm³/mol. The van der Waals surface area contributed by atoms with Gasteiger partial charge in [-0.15, -0.1) is 0 Å². The molecule has 2 atom stereocenters. The van der Waals surface area contributed by atoms with Crippen molar-refractivity contribution in [1.82, 2.24) is 19.9 Å². The zero-order chi connectivity index (χ0) is 18.1. The Balaban J connectivity index is 2.26. The Bertz CT molecular complexity index is 742. The van der Waals surface area contributed by atoms with E-state index in [1.54, 1.807) is 26.2 Å². The van der Waals surface area contributed by atoms with Gasteiger partial charge in [-0.2, -0.15) is 0 Å². The Kier molecular flexibility index (Phi) is 5.01. The zero-order valence-electron chi connectivity index (χ0n) is 15.3. The summed E-state index contributed by atoms with van der Waals surface area (Å²) in [5, 5.41) is 21.8. The van der Waals surface area contributed by atoms with Gasteiger partial charge in [-0.25, -0.2) is 0 Å². The molecule has 2 unspecified atom stereocenters. The van der Waals surface area contributed by atoms with Gasteiger partial charge in [0.25, 0.3) is 0 Å². The first-order valence-electron chi connectivity index (χ1n) is 8.05. The SMILES string of the molecule is Cc1cncc(CC(C)(O)C(C)(O)Cc2nc(C)c(C)nc2C)n1. The van der Waals surface area contributed by atoms with Crippen molar-refractivity contribution in [3.05, 3.63) is 46.6 Å². The molecule has 0 spiro atoms. The smallest absolute Gasteiger partial charge is 0.0962 e. The van der Waals surface area contributed by atoms with E-state index in [0.717, 1.165) is 22.8 Å². The van der Waals surface area contributed by atoms with E-state index in [0.29, 0.717) is 11.4 Å². The van der Waals surface area contributed by atoms with Gasteiger partial charge in [0, 0.05) is 25.2 Å². The minimum atomic E-state index is -1.39. The summed E-state index contributed by atoms with van der Waals surface area (Å²) in [6.07, 6.45) is 3.67. The third-order valence-corrected chi connectivity index (χ3v) is 4.58. The highest BCUT2D eigenvalue weighted by atomic mass is 16.4. The fraction of sp³-hybridized carbons (Fsp3) is 0.556. The van der Waals surface area contributed by atoms with Crippen molar-refractivity contribution in [3.63, 3.8) is 0 Å². The largest absolute Gasteiger partial charge is 0.387 e. The number of hydrogen-bond acceptors (Lipinski definition) is 6. The van der Waals surface area contributed by atoms with E-state index in [-0.39, 0.29) is 12.8 Å². The molecule has 0 saturated heterocycles. The minimum absolute atomic E-state index is 0.200. The number of aromatic nitrogens is 4. The van der Waals surface area contributed by atoms with Gasteiger partial charge in [0.2, 0.25) is 0 Å². The molecule has 0 aliphatic carbocycles. The number of aliphatic hydroxyl groups is 2. The van der Waals surface area contributed by atoms with Gasteiger partial charge in [0.15, 0.2) is 0 Å². The average molecular weight is 330 g/mol. The van der Waals surface area contributed by atoms with E-state index in [4.69, 9.17) is 0 Å². The molecular formula is C18H26N4O2.